The van der Waals surface area contributed by atoms with Gasteiger partial charge in [0.1, 0.15) is 0 Å². The van der Waals surface area contributed by atoms with E-state index in [1.54, 1.807) is 18.3 Å². The van der Waals surface area contributed by atoms with Gasteiger partial charge in [0.15, 0.2) is 5.75 Å². The second-order valence-corrected chi connectivity index (χ2v) is 5.42. The van der Waals surface area contributed by atoms with E-state index in [0.717, 1.165) is 17.0 Å². The first-order valence-electron chi connectivity index (χ1n) is 6.31. The molecule has 0 N–H and O–H groups in total. The second kappa shape index (κ2) is 6.91. The van der Waals surface area contributed by atoms with Gasteiger partial charge in [0, 0.05) is 22.9 Å². The molecular formula is C15H14F3NO2S. The molecule has 0 bridgehead atoms. The summed E-state index contributed by atoms with van der Waals surface area (Å²) in [6.45, 7) is 0. The molecule has 0 radical (unpaired) electrons. The number of rotatable bonds is 5. The van der Waals surface area contributed by atoms with Crippen LogP contribution in [0, 0.1) is 0 Å². The highest BCUT2D eigenvalue weighted by Gasteiger charge is 2.30. The van der Waals surface area contributed by atoms with Crippen molar-refractivity contribution in [1.82, 2.24) is 4.98 Å². The molecule has 0 aliphatic carbocycles. The van der Waals surface area contributed by atoms with E-state index >= 15 is 0 Å². The van der Waals surface area contributed by atoms with Crippen LogP contribution < -0.4 is 9.47 Å². The number of ether oxygens (including phenoxy) is 2. The van der Waals surface area contributed by atoms with Gasteiger partial charge in [-0.25, -0.2) is 4.98 Å². The predicted molar refractivity (Wildman–Crippen MR) is 78.3 cm³/mol. The molecule has 0 spiro atoms. The van der Waals surface area contributed by atoms with E-state index < -0.39 is 11.7 Å². The smallest absolute Gasteiger partial charge is 0.416 e. The van der Waals surface area contributed by atoms with Crippen molar-refractivity contribution in [3.8, 4) is 11.6 Å². The highest BCUT2D eigenvalue weighted by molar-refractivity contribution is 7.98. The average molecular weight is 329 g/mol. The molecule has 2 rings (SSSR count). The fourth-order valence-electron chi connectivity index (χ4n) is 1.80. The number of hydrogen-bond donors (Lipinski definition) is 0. The number of alkyl halides is 3. The van der Waals surface area contributed by atoms with Crippen LogP contribution in [0.3, 0.4) is 0 Å². The van der Waals surface area contributed by atoms with Crippen molar-refractivity contribution in [2.45, 2.75) is 16.8 Å². The Labute approximate surface area is 130 Å². The molecule has 0 fully saturated rings. The van der Waals surface area contributed by atoms with E-state index in [2.05, 4.69) is 4.98 Å². The molecular weight excluding hydrogens is 315 g/mol. The lowest BCUT2D eigenvalue weighted by atomic mass is 10.1. The summed E-state index contributed by atoms with van der Waals surface area (Å²) in [6.07, 6.45) is -2.73. The van der Waals surface area contributed by atoms with Crippen molar-refractivity contribution in [2.24, 2.45) is 0 Å². The summed E-state index contributed by atoms with van der Waals surface area (Å²) in [4.78, 5) is 4.88. The third kappa shape index (κ3) is 4.07. The molecule has 118 valence electrons. The van der Waals surface area contributed by atoms with E-state index in [0.29, 0.717) is 22.9 Å². The van der Waals surface area contributed by atoms with Crippen molar-refractivity contribution >= 4 is 11.8 Å². The van der Waals surface area contributed by atoms with Crippen LogP contribution >= 0.6 is 11.8 Å². The summed E-state index contributed by atoms with van der Waals surface area (Å²) >= 11 is 1.38. The number of thioether (sulfide) groups is 1. The van der Waals surface area contributed by atoms with Crippen molar-refractivity contribution in [3.05, 3.63) is 47.7 Å². The first-order chi connectivity index (χ1) is 10.4. The minimum absolute atomic E-state index is 0.367. The van der Waals surface area contributed by atoms with Gasteiger partial charge in [0.2, 0.25) is 0 Å². The van der Waals surface area contributed by atoms with Gasteiger partial charge in [-0.15, -0.1) is 11.8 Å². The maximum Gasteiger partial charge on any atom is 0.416 e. The van der Waals surface area contributed by atoms with Gasteiger partial charge >= 0.3 is 6.18 Å². The molecule has 1 heterocycles. The minimum atomic E-state index is -4.33. The molecule has 0 atom stereocenters. The average Bonchev–Trinajstić information content (AvgIpc) is 2.52. The van der Waals surface area contributed by atoms with Crippen molar-refractivity contribution in [1.29, 1.82) is 0 Å². The Morgan fingerprint density at radius 3 is 2.55 bits per heavy atom. The molecule has 0 saturated heterocycles. The number of aromatic nitrogens is 1. The summed E-state index contributed by atoms with van der Waals surface area (Å²) < 4.78 is 48.2. The van der Waals surface area contributed by atoms with Gasteiger partial charge in [-0.3, -0.25) is 0 Å². The van der Waals surface area contributed by atoms with Crippen LogP contribution in [0.25, 0.3) is 0 Å². The molecule has 0 aliphatic rings. The molecule has 0 unspecified atom stereocenters. The molecule has 1 aromatic heterocycles. The van der Waals surface area contributed by atoms with Gasteiger partial charge < -0.3 is 9.47 Å². The lowest BCUT2D eigenvalue weighted by Crippen LogP contribution is -2.04. The summed E-state index contributed by atoms with van der Waals surface area (Å²) in [5.41, 5.74) is -0.0503. The van der Waals surface area contributed by atoms with Crippen LogP contribution in [0.2, 0.25) is 0 Å². The van der Waals surface area contributed by atoms with E-state index in [-0.39, 0.29) is 0 Å². The first-order valence-corrected chi connectivity index (χ1v) is 7.29. The van der Waals surface area contributed by atoms with Crippen LogP contribution in [-0.4, -0.2) is 19.2 Å². The van der Waals surface area contributed by atoms with Crippen LogP contribution in [0.15, 0.2) is 41.4 Å². The predicted octanol–water partition coefficient (Wildman–Crippen LogP) is 4.41. The lowest BCUT2D eigenvalue weighted by molar-refractivity contribution is -0.137. The zero-order valence-electron chi connectivity index (χ0n) is 12.0. The Morgan fingerprint density at radius 2 is 1.91 bits per heavy atom. The highest BCUT2D eigenvalue weighted by Crippen LogP contribution is 2.33. The molecule has 7 heteroatoms. The number of hydrogen-bond acceptors (Lipinski definition) is 4. The molecule has 22 heavy (non-hydrogen) atoms. The Balaban J connectivity index is 2.10. The zero-order valence-corrected chi connectivity index (χ0v) is 12.8. The molecule has 2 aromatic rings. The molecule has 0 saturated carbocycles. The summed E-state index contributed by atoms with van der Waals surface area (Å²) in [5.74, 6) is 1.25. The Hall–Kier alpha value is -1.89. The summed E-state index contributed by atoms with van der Waals surface area (Å²) in [7, 11) is 2.99. The molecule has 1 aromatic carbocycles. The maximum absolute atomic E-state index is 12.7. The zero-order chi connectivity index (χ0) is 16.2. The molecule has 3 nitrogen and oxygen atoms in total. The monoisotopic (exact) mass is 329 g/mol. The summed E-state index contributed by atoms with van der Waals surface area (Å²) in [5, 5.41) is 0. The van der Waals surface area contributed by atoms with Gasteiger partial charge in [0.25, 0.3) is 5.88 Å². The number of methoxy groups -OCH3 is 2. The highest BCUT2D eigenvalue weighted by atomic mass is 32.2. The number of halogens is 3. The molecule has 0 amide bonds. The minimum Gasteiger partial charge on any atom is -0.491 e. The van der Waals surface area contributed by atoms with E-state index in [4.69, 9.17) is 9.47 Å². The van der Waals surface area contributed by atoms with Crippen molar-refractivity contribution in [2.75, 3.05) is 14.2 Å². The van der Waals surface area contributed by atoms with Gasteiger partial charge in [-0.05, 0) is 11.6 Å². The van der Waals surface area contributed by atoms with Gasteiger partial charge in [0.05, 0.1) is 19.8 Å². The standard InChI is InChI=1S/C15H14F3NO2S/c1-20-13-7-12(8-19-14(13)21-2)22-9-10-4-3-5-11(6-10)15(16,17)18/h3-8H,9H2,1-2H3. The Morgan fingerprint density at radius 1 is 1.14 bits per heavy atom. The second-order valence-electron chi connectivity index (χ2n) is 4.37. The van der Waals surface area contributed by atoms with E-state index in [9.17, 15) is 13.2 Å². The van der Waals surface area contributed by atoms with E-state index in [1.165, 1.54) is 32.0 Å². The van der Waals surface area contributed by atoms with Crippen molar-refractivity contribution < 1.29 is 22.6 Å². The van der Waals surface area contributed by atoms with Gasteiger partial charge in [-0.1, -0.05) is 18.2 Å². The fraction of sp³-hybridized carbons (Fsp3) is 0.267. The van der Waals surface area contributed by atoms with Crippen LogP contribution in [0.1, 0.15) is 11.1 Å². The SMILES string of the molecule is COc1cc(SCc2cccc(C(F)(F)F)c2)cnc1OC. The third-order valence-corrected chi connectivity index (χ3v) is 3.90. The lowest BCUT2D eigenvalue weighted by Gasteiger charge is -2.10. The normalized spacial score (nSPS) is 11.3. The van der Waals surface area contributed by atoms with E-state index in [1.807, 2.05) is 0 Å². The number of benzene rings is 1. The maximum atomic E-state index is 12.7. The third-order valence-electron chi connectivity index (χ3n) is 2.87. The topological polar surface area (TPSA) is 31.4 Å². The first kappa shape index (κ1) is 16.5. The Bertz CT molecular complexity index is 647. The number of nitrogens with zero attached hydrogens (tertiary/aromatic N) is 1. The van der Waals surface area contributed by atoms with Crippen LogP contribution in [-0.2, 0) is 11.9 Å². The van der Waals surface area contributed by atoms with Gasteiger partial charge in [-0.2, -0.15) is 13.2 Å². The quantitative estimate of drug-likeness (QED) is 0.761. The van der Waals surface area contributed by atoms with Crippen molar-refractivity contribution in [3.63, 3.8) is 0 Å². The molecule has 0 aliphatic heterocycles. The fourth-order valence-corrected chi connectivity index (χ4v) is 2.63. The van der Waals surface area contributed by atoms with Crippen LogP contribution in [0.5, 0.6) is 11.6 Å². The van der Waals surface area contributed by atoms with Crippen LogP contribution in [0.4, 0.5) is 13.2 Å². The largest absolute Gasteiger partial charge is 0.491 e. The Kier molecular flexibility index (Phi) is 5.18. The summed E-state index contributed by atoms with van der Waals surface area (Å²) in [6, 6.07) is 7.03. The number of pyridine rings is 1.